The summed E-state index contributed by atoms with van der Waals surface area (Å²) >= 11 is 0. The van der Waals surface area contributed by atoms with Gasteiger partial charge in [0.05, 0.1) is 0 Å². The van der Waals surface area contributed by atoms with E-state index >= 15 is 0 Å². The van der Waals surface area contributed by atoms with E-state index < -0.39 is 0 Å². The Labute approximate surface area is 111 Å². The number of nitrogens with zero attached hydrogens (tertiary/aromatic N) is 2. The molecule has 18 heavy (non-hydrogen) atoms. The van der Waals surface area contributed by atoms with Crippen LogP contribution < -0.4 is 5.73 Å². The van der Waals surface area contributed by atoms with Crippen LogP contribution in [0.3, 0.4) is 0 Å². The van der Waals surface area contributed by atoms with Gasteiger partial charge in [0.1, 0.15) is 0 Å². The van der Waals surface area contributed by atoms with E-state index in [2.05, 4.69) is 36.8 Å². The normalized spacial score (nSPS) is 12.1. The van der Waals surface area contributed by atoms with E-state index in [0.29, 0.717) is 0 Å². The van der Waals surface area contributed by atoms with Crippen LogP contribution in [0.5, 0.6) is 0 Å². The minimum absolute atomic E-state index is 0.280. The zero-order valence-electron chi connectivity index (χ0n) is 12.0. The molecule has 0 aliphatic heterocycles. The van der Waals surface area contributed by atoms with Crippen LogP contribution in [-0.2, 0) is 6.42 Å². The second kappa shape index (κ2) is 7.49. The van der Waals surface area contributed by atoms with Crippen molar-refractivity contribution in [3.8, 4) is 0 Å². The summed E-state index contributed by atoms with van der Waals surface area (Å²) in [6, 6.07) is 6.10. The molecule has 0 saturated heterocycles. The standard InChI is InChI=1S/C15H27N3/c1-15(2,13-16)9-6-11-18(3)12-8-14-7-4-5-10-17-14/h4-5,7,10H,6,8-9,11-13,16H2,1-3H3. The molecule has 0 atom stereocenters. The predicted octanol–water partition coefficient (Wildman–Crippen LogP) is 2.32. The SMILES string of the molecule is CN(CCCC(C)(C)CN)CCc1ccccn1. The third-order valence-corrected chi connectivity index (χ3v) is 3.42. The molecule has 1 aromatic rings. The molecule has 1 aromatic heterocycles. The van der Waals surface area contributed by atoms with Gasteiger partial charge in [-0.05, 0) is 50.5 Å². The van der Waals surface area contributed by atoms with Gasteiger partial charge in [0.25, 0.3) is 0 Å². The van der Waals surface area contributed by atoms with Crippen molar-refractivity contribution in [1.29, 1.82) is 0 Å². The highest BCUT2D eigenvalue weighted by Crippen LogP contribution is 2.20. The quantitative estimate of drug-likeness (QED) is 0.769. The van der Waals surface area contributed by atoms with Gasteiger partial charge in [-0.3, -0.25) is 4.98 Å². The molecule has 0 spiro atoms. The molecule has 0 amide bonds. The fourth-order valence-corrected chi connectivity index (χ4v) is 1.89. The first-order chi connectivity index (χ1) is 8.53. The number of likely N-dealkylation sites (N-methyl/N-ethyl adjacent to an activating group) is 1. The minimum atomic E-state index is 0.280. The van der Waals surface area contributed by atoms with Crippen LogP contribution in [0.15, 0.2) is 24.4 Å². The summed E-state index contributed by atoms with van der Waals surface area (Å²) in [5.74, 6) is 0. The van der Waals surface area contributed by atoms with Crippen molar-refractivity contribution in [3.63, 3.8) is 0 Å². The molecule has 0 bridgehead atoms. The largest absolute Gasteiger partial charge is 0.330 e. The van der Waals surface area contributed by atoms with E-state index in [1.165, 1.54) is 18.5 Å². The number of rotatable bonds is 8. The van der Waals surface area contributed by atoms with E-state index in [1.54, 1.807) is 0 Å². The van der Waals surface area contributed by atoms with Gasteiger partial charge in [0, 0.05) is 24.9 Å². The molecule has 3 nitrogen and oxygen atoms in total. The molecular weight excluding hydrogens is 222 g/mol. The smallest absolute Gasteiger partial charge is 0.0416 e. The van der Waals surface area contributed by atoms with Crippen LogP contribution in [0.1, 0.15) is 32.4 Å². The van der Waals surface area contributed by atoms with Gasteiger partial charge in [-0.1, -0.05) is 19.9 Å². The molecular formula is C15H27N3. The number of hydrogen-bond acceptors (Lipinski definition) is 3. The molecule has 0 fully saturated rings. The average Bonchev–Trinajstić information content (AvgIpc) is 2.37. The molecule has 1 heterocycles. The van der Waals surface area contributed by atoms with E-state index in [4.69, 9.17) is 5.73 Å². The summed E-state index contributed by atoms with van der Waals surface area (Å²) in [5, 5.41) is 0. The van der Waals surface area contributed by atoms with Gasteiger partial charge >= 0.3 is 0 Å². The molecule has 0 aliphatic rings. The fourth-order valence-electron chi connectivity index (χ4n) is 1.89. The zero-order valence-corrected chi connectivity index (χ0v) is 12.0. The van der Waals surface area contributed by atoms with E-state index in [1.807, 2.05) is 18.3 Å². The molecule has 2 N–H and O–H groups in total. The van der Waals surface area contributed by atoms with Crippen molar-refractivity contribution < 1.29 is 0 Å². The van der Waals surface area contributed by atoms with Crippen LogP contribution in [0, 0.1) is 5.41 Å². The maximum atomic E-state index is 5.74. The second-order valence-corrected chi connectivity index (χ2v) is 5.85. The molecule has 102 valence electrons. The number of hydrogen-bond donors (Lipinski definition) is 1. The molecule has 1 rings (SSSR count). The van der Waals surface area contributed by atoms with Crippen LogP contribution in [0.4, 0.5) is 0 Å². The first-order valence-corrected chi connectivity index (χ1v) is 6.82. The van der Waals surface area contributed by atoms with Crippen molar-refractivity contribution in [1.82, 2.24) is 9.88 Å². The Kier molecular flexibility index (Phi) is 6.30. The first kappa shape index (κ1) is 15.1. The lowest BCUT2D eigenvalue weighted by molar-refractivity contribution is 0.279. The van der Waals surface area contributed by atoms with Crippen molar-refractivity contribution >= 4 is 0 Å². The van der Waals surface area contributed by atoms with Crippen LogP contribution in [0.2, 0.25) is 0 Å². The Morgan fingerprint density at radius 2 is 2.06 bits per heavy atom. The van der Waals surface area contributed by atoms with Crippen molar-refractivity contribution in [3.05, 3.63) is 30.1 Å². The summed E-state index contributed by atoms with van der Waals surface area (Å²) < 4.78 is 0. The lowest BCUT2D eigenvalue weighted by atomic mass is 9.88. The maximum Gasteiger partial charge on any atom is 0.0416 e. The van der Waals surface area contributed by atoms with Crippen LogP contribution in [0.25, 0.3) is 0 Å². The molecule has 0 aromatic carbocycles. The monoisotopic (exact) mass is 249 g/mol. The van der Waals surface area contributed by atoms with Gasteiger partial charge in [-0.2, -0.15) is 0 Å². The Hall–Kier alpha value is -0.930. The van der Waals surface area contributed by atoms with Crippen LogP contribution in [-0.4, -0.2) is 36.6 Å². The highest BCUT2D eigenvalue weighted by molar-refractivity contribution is 5.03. The highest BCUT2D eigenvalue weighted by atomic mass is 15.1. The molecule has 0 radical (unpaired) electrons. The van der Waals surface area contributed by atoms with Gasteiger partial charge in [0.2, 0.25) is 0 Å². The summed E-state index contributed by atoms with van der Waals surface area (Å²) in [6.45, 7) is 7.45. The summed E-state index contributed by atoms with van der Waals surface area (Å²) in [5.41, 5.74) is 7.19. The summed E-state index contributed by atoms with van der Waals surface area (Å²) in [7, 11) is 2.18. The van der Waals surface area contributed by atoms with Crippen molar-refractivity contribution in [2.75, 3.05) is 26.7 Å². The van der Waals surface area contributed by atoms with Crippen molar-refractivity contribution in [2.45, 2.75) is 33.1 Å². The molecule has 0 aliphatic carbocycles. The summed E-state index contributed by atoms with van der Waals surface area (Å²) in [4.78, 5) is 6.72. The number of nitrogens with two attached hydrogens (primary N) is 1. The third-order valence-electron chi connectivity index (χ3n) is 3.42. The fraction of sp³-hybridized carbons (Fsp3) is 0.667. The number of aromatic nitrogens is 1. The zero-order chi connectivity index (χ0) is 13.4. The summed E-state index contributed by atoms with van der Waals surface area (Å²) in [6.07, 6.45) is 5.29. The Morgan fingerprint density at radius 3 is 2.67 bits per heavy atom. The second-order valence-electron chi connectivity index (χ2n) is 5.85. The van der Waals surface area contributed by atoms with E-state index in [-0.39, 0.29) is 5.41 Å². The predicted molar refractivity (Wildman–Crippen MR) is 77.5 cm³/mol. The van der Waals surface area contributed by atoms with Crippen molar-refractivity contribution in [2.24, 2.45) is 11.1 Å². The third kappa shape index (κ3) is 6.12. The van der Waals surface area contributed by atoms with Gasteiger partial charge < -0.3 is 10.6 Å². The lowest BCUT2D eigenvalue weighted by Gasteiger charge is -2.24. The maximum absolute atomic E-state index is 5.74. The molecule has 0 unspecified atom stereocenters. The lowest BCUT2D eigenvalue weighted by Crippen LogP contribution is -2.27. The Bertz CT molecular complexity index is 322. The Morgan fingerprint density at radius 1 is 1.28 bits per heavy atom. The topological polar surface area (TPSA) is 42.1 Å². The van der Waals surface area contributed by atoms with E-state index in [9.17, 15) is 0 Å². The van der Waals surface area contributed by atoms with Crippen LogP contribution >= 0.6 is 0 Å². The van der Waals surface area contributed by atoms with Gasteiger partial charge in [-0.15, -0.1) is 0 Å². The Balaban J connectivity index is 2.16. The molecule has 0 saturated carbocycles. The molecule has 3 heteroatoms. The van der Waals surface area contributed by atoms with E-state index in [0.717, 1.165) is 26.1 Å². The minimum Gasteiger partial charge on any atom is -0.330 e. The van der Waals surface area contributed by atoms with Gasteiger partial charge in [-0.25, -0.2) is 0 Å². The average molecular weight is 249 g/mol. The van der Waals surface area contributed by atoms with Gasteiger partial charge in [0.15, 0.2) is 0 Å². The first-order valence-electron chi connectivity index (χ1n) is 6.82. The highest BCUT2D eigenvalue weighted by Gasteiger charge is 2.14. The number of pyridine rings is 1.